The van der Waals surface area contributed by atoms with Crippen LogP contribution in [-0.4, -0.2) is 7.11 Å². The molecular formula is C16H18O. The smallest absolute Gasteiger partial charge is 0.122 e. The lowest BCUT2D eigenvalue weighted by Gasteiger charge is -2.16. The third kappa shape index (κ3) is 2.50. The van der Waals surface area contributed by atoms with Gasteiger partial charge in [-0.05, 0) is 18.6 Å². The van der Waals surface area contributed by atoms with Crippen molar-refractivity contribution >= 4 is 0 Å². The van der Waals surface area contributed by atoms with Crippen LogP contribution in [0.4, 0.5) is 0 Å². The van der Waals surface area contributed by atoms with Gasteiger partial charge in [-0.1, -0.05) is 55.0 Å². The van der Waals surface area contributed by atoms with Crippen molar-refractivity contribution in [2.45, 2.75) is 19.8 Å². The molecule has 0 saturated heterocycles. The number of para-hydroxylation sites is 1. The minimum absolute atomic E-state index is 0.353. The molecule has 0 aliphatic heterocycles. The van der Waals surface area contributed by atoms with Crippen LogP contribution < -0.4 is 4.74 Å². The van der Waals surface area contributed by atoms with Gasteiger partial charge in [0.1, 0.15) is 5.75 Å². The summed E-state index contributed by atoms with van der Waals surface area (Å²) in [5.41, 5.74) is 3.85. The summed E-state index contributed by atoms with van der Waals surface area (Å²) in [4.78, 5) is 0. The van der Waals surface area contributed by atoms with Gasteiger partial charge in [0.05, 0.1) is 7.11 Å². The van der Waals surface area contributed by atoms with Crippen molar-refractivity contribution in [2.24, 2.45) is 0 Å². The van der Waals surface area contributed by atoms with Gasteiger partial charge in [-0.3, -0.25) is 0 Å². The fraction of sp³-hybridized carbons (Fsp3) is 0.250. The van der Waals surface area contributed by atoms with Gasteiger partial charge in [0.15, 0.2) is 0 Å². The van der Waals surface area contributed by atoms with E-state index in [0.29, 0.717) is 5.92 Å². The zero-order chi connectivity index (χ0) is 12.3. The SMILES string of the molecule is COc1ccccc1C(C)c1ccc(C)cc1. The highest BCUT2D eigenvalue weighted by atomic mass is 16.5. The predicted molar refractivity (Wildman–Crippen MR) is 71.7 cm³/mol. The Labute approximate surface area is 103 Å². The van der Waals surface area contributed by atoms with Gasteiger partial charge in [-0.25, -0.2) is 0 Å². The molecule has 1 heteroatoms. The third-order valence-electron chi connectivity index (χ3n) is 3.18. The van der Waals surface area contributed by atoms with Gasteiger partial charge in [-0.2, -0.15) is 0 Å². The number of aryl methyl sites for hydroxylation is 1. The topological polar surface area (TPSA) is 9.23 Å². The van der Waals surface area contributed by atoms with E-state index < -0.39 is 0 Å². The normalized spacial score (nSPS) is 12.2. The summed E-state index contributed by atoms with van der Waals surface area (Å²) in [5, 5.41) is 0. The van der Waals surface area contributed by atoms with Crippen LogP contribution >= 0.6 is 0 Å². The van der Waals surface area contributed by atoms with E-state index in [-0.39, 0.29) is 0 Å². The molecule has 0 aliphatic carbocycles. The van der Waals surface area contributed by atoms with Crippen molar-refractivity contribution in [1.29, 1.82) is 0 Å². The van der Waals surface area contributed by atoms with Gasteiger partial charge in [0.25, 0.3) is 0 Å². The molecule has 2 rings (SSSR count). The zero-order valence-electron chi connectivity index (χ0n) is 10.6. The lowest BCUT2D eigenvalue weighted by Crippen LogP contribution is -1.99. The molecule has 2 aromatic carbocycles. The number of hydrogen-bond donors (Lipinski definition) is 0. The number of methoxy groups -OCH3 is 1. The van der Waals surface area contributed by atoms with E-state index in [1.165, 1.54) is 16.7 Å². The lowest BCUT2D eigenvalue weighted by atomic mass is 9.92. The van der Waals surface area contributed by atoms with Crippen molar-refractivity contribution in [3.8, 4) is 5.75 Å². The predicted octanol–water partition coefficient (Wildman–Crippen LogP) is 4.16. The Balaban J connectivity index is 2.36. The molecule has 0 aliphatic rings. The maximum absolute atomic E-state index is 5.41. The average molecular weight is 226 g/mol. The van der Waals surface area contributed by atoms with E-state index in [1.807, 2.05) is 12.1 Å². The molecule has 1 nitrogen and oxygen atoms in total. The third-order valence-corrected chi connectivity index (χ3v) is 3.18. The second-order valence-corrected chi connectivity index (χ2v) is 4.37. The minimum Gasteiger partial charge on any atom is -0.496 e. The number of rotatable bonds is 3. The molecule has 0 fully saturated rings. The standard InChI is InChI=1S/C16H18O/c1-12-8-10-14(11-9-12)13(2)15-6-4-5-7-16(15)17-3/h4-11,13H,1-3H3. The average Bonchev–Trinajstić information content (AvgIpc) is 2.39. The highest BCUT2D eigenvalue weighted by Gasteiger charge is 2.12. The molecule has 2 aromatic rings. The van der Waals surface area contributed by atoms with Gasteiger partial charge in [0.2, 0.25) is 0 Å². The maximum Gasteiger partial charge on any atom is 0.122 e. The van der Waals surface area contributed by atoms with Crippen LogP contribution in [0.2, 0.25) is 0 Å². The first-order valence-corrected chi connectivity index (χ1v) is 5.92. The summed E-state index contributed by atoms with van der Waals surface area (Å²) in [6, 6.07) is 16.9. The van der Waals surface area contributed by atoms with Crippen molar-refractivity contribution in [3.63, 3.8) is 0 Å². The molecule has 1 unspecified atom stereocenters. The van der Waals surface area contributed by atoms with E-state index >= 15 is 0 Å². The van der Waals surface area contributed by atoms with E-state index in [0.717, 1.165) is 5.75 Å². The Morgan fingerprint density at radius 1 is 0.941 bits per heavy atom. The number of ether oxygens (including phenoxy) is 1. The molecule has 0 saturated carbocycles. The van der Waals surface area contributed by atoms with Crippen molar-refractivity contribution in [2.75, 3.05) is 7.11 Å². The molecule has 0 bridgehead atoms. The van der Waals surface area contributed by atoms with Gasteiger partial charge < -0.3 is 4.74 Å². The van der Waals surface area contributed by atoms with Crippen LogP contribution in [0.15, 0.2) is 48.5 Å². The second kappa shape index (κ2) is 5.05. The fourth-order valence-corrected chi connectivity index (χ4v) is 2.06. The monoisotopic (exact) mass is 226 g/mol. The van der Waals surface area contributed by atoms with Crippen LogP contribution in [-0.2, 0) is 0 Å². The first-order chi connectivity index (χ1) is 8.22. The summed E-state index contributed by atoms with van der Waals surface area (Å²) >= 11 is 0. The Hall–Kier alpha value is -1.76. The summed E-state index contributed by atoms with van der Waals surface area (Å²) in [5.74, 6) is 1.31. The van der Waals surface area contributed by atoms with Crippen molar-refractivity contribution in [1.82, 2.24) is 0 Å². The first-order valence-electron chi connectivity index (χ1n) is 5.92. The lowest BCUT2D eigenvalue weighted by molar-refractivity contribution is 0.408. The molecule has 17 heavy (non-hydrogen) atoms. The van der Waals surface area contributed by atoms with Crippen LogP contribution in [0.3, 0.4) is 0 Å². The largest absolute Gasteiger partial charge is 0.496 e. The second-order valence-electron chi connectivity index (χ2n) is 4.37. The molecule has 88 valence electrons. The van der Waals surface area contributed by atoms with E-state index in [1.54, 1.807) is 7.11 Å². The Morgan fingerprint density at radius 2 is 1.59 bits per heavy atom. The summed E-state index contributed by atoms with van der Waals surface area (Å²) in [6.07, 6.45) is 0. The molecule has 0 aromatic heterocycles. The van der Waals surface area contributed by atoms with Crippen LogP contribution in [0, 0.1) is 6.92 Å². The fourth-order valence-electron chi connectivity index (χ4n) is 2.06. The maximum atomic E-state index is 5.41. The molecule has 0 radical (unpaired) electrons. The Kier molecular flexibility index (Phi) is 3.48. The zero-order valence-corrected chi connectivity index (χ0v) is 10.6. The Morgan fingerprint density at radius 3 is 2.24 bits per heavy atom. The van der Waals surface area contributed by atoms with E-state index in [4.69, 9.17) is 4.74 Å². The molecule has 0 amide bonds. The molecule has 1 atom stereocenters. The Bertz CT molecular complexity index is 485. The van der Waals surface area contributed by atoms with E-state index in [2.05, 4.69) is 50.2 Å². The molecule has 0 heterocycles. The van der Waals surface area contributed by atoms with Gasteiger partial charge in [-0.15, -0.1) is 0 Å². The van der Waals surface area contributed by atoms with Crippen LogP contribution in [0.25, 0.3) is 0 Å². The molecular weight excluding hydrogens is 208 g/mol. The molecule has 0 N–H and O–H groups in total. The minimum atomic E-state index is 0.353. The van der Waals surface area contributed by atoms with E-state index in [9.17, 15) is 0 Å². The van der Waals surface area contributed by atoms with Crippen molar-refractivity contribution < 1.29 is 4.74 Å². The van der Waals surface area contributed by atoms with Gasteiger partial charge >= 0.3 is 0 Å². The molecule has 0 spiro atoms. The highest BCUT2D eigenvalue weighted by Crippen LogP contribution is 2.31. The highest BCUT2D eigenvalue weighted by molar-refractivity contribution is 5.41. The van der Waals surface area contributed by atoms with Crippen molar-refractivity contribution in [3.05, 3.63) is 65.2 Å². The summed E-state index contributed by atoms with van der Waals surface area (Å²) < 4.78 is 5.41. The van der Waals surface area contributed by atoms with Gasteiger partial charge in [0, 0.05) is 11.5 Å². The first kappa shape index (κ1) is 11.7. The van der Waals surface area contributed by atoms with Crippen LogP contribution in [0.5, 0.6) is 5.75 Å². The summed E-state index contributed by atoms with van der Waals surface area (Å²) in [7, 11) is 1.72. The number of hydrogen-bond acceptors (Lipinski definition) is 1. The number of benzene rings is 2. The quantitative estimate of drug-likeness (QED) is 0.763. The van der Waals surface area contributed by atoms with Crippen LogP contribution in [0.1, 0.15) is 29.5 Å². The summed E-state index contributed by atoms with van der Waals surface area (Å²) in [6.45, 7) is 4.32.